The van der Waals surface area contributed by atoms with Crippen LogP contribution in [0.2, 0.25) is 0 Å². The van der Waals surface area contributed by atoms with Crippen molar-refractivity contribution in [3.05, 3.63) is 52.4 Å². The van der Waals surface area contributed by atoms with E-state index in [2.05, 4.69) is 11.4 Å². The maximum Gasteiger partial charge on any atom is 0.251 e. The predicted molar refractivity (Wildman–Crippen MR) is 98.5 cm³/mol. The molecule has 0 radical (unpaired) electrons. The van der Waals surface area contributed by atoms with E-state index in [1.165, 1.54) is 12.1 Å². The van der Waals surface area contributed by atoms with E-state index in [1.54, 1.807) is 18.2 Å². The smallest absolute Gasteiger partial charge is 0.251 e. The lowest BCUT2D eigenvalue weighted by Gasteiger charge is -2.37. The van der Waals surface area contributed by atoms with Gasteiger partial charge in [-0.1, -0.05) is 12.1 Å². The molecule has 6 nitrogen and oxygen atoms in total. The molecule has 1 aromatic heterocycles. The molecule has 0 unspecified atom stereocenters. The Labute approximate surface area is 152 Å². The number of primary sulfonamides is 1. The Hall–Kier alpha value is -1.67. The highest BCUT2D eigenvalue weighted by molar-refractivity contribution is 7.89. The third-order valence-corrected chi connectivity index (χ3v) is 5.91. The van der Waals surface area contributed by atoms with Crippen molar-refractivity contribution in [3.63, 3.8) is 0 Å². The largest absolute Gasteiger partial charge is 0.316 e. The summed E-state index contributed by atoms with van der Waals surface area (Å²) in [6.45, 7) is 2.63. The molecule has 0 spiro atoms. The number of fused-ring (bicyclic) bond motifs is 4. The zero-order valence-electron chi connectivity index (χ0n) is 13.5. The molecule has 2 atom stereocenters. The summed E-state index contributed by atoms with van der Waals surface area (Å²) in [6, 6.07) is 10.0. The summed E-state index contributed by atoms with van der Waals surface area (Å²) >= 11 is 0. The van der Waals surface area contributed by atoms with E-state index < -0.39 is 10.0 Å². The number of piperidine rings is 1. The quantitative estimate of drug-likeness (QED) is 0.819. The number of nitrogens with one attached hydrogen (secondary N) is 1. The number of halogens is 1. The van der Waals surface area contributed by atoms with Crippen molar-refractivity contribution in [1.82, 2.24) is 9.88 Å². The Kier molecular flexibility index (Phi) is 4.76. The molecule has 3 N–H and O–H groups in total. The molecule has 1 fully saturated rings. The normalized spacial score (nSPS) is 22.0. The van der Waals surface area contributed by atoms with Crippen molar-refractivity contribution in [2.75, 3.05) is 13.1 Å². The molecule has 1 saturated heterocycles. The molecule has 0 aliphatic carbocycles. The van der Waals surface area contributed by atoms with Gasteiger partial charge in [0.1, 0.15) is 0 Å². The number of pyridine rings is 1. The molecule has 134 valence electrons. The number of aromatic nitrogens is 1. The lowest BCUT2D eigenvalue weighted by Crippen LogP contribution is -2.44. The third-order valence-electron chi connectivity index (χ3n) is 4.98. The fraction of sp³-hybridized carbons (Fsp3) is 0.353. The van der Waals surface area contributed by atoms with Crippen molar-refractivity contribution in [2.24, 2.45) is 11.1 Å². The second kappa shape index (κ2) is 6.57. The van der Waals surface area contributed by atoms with E-state index in [1.807, 2.05) is 4.57 Å². The molecule has 2 aliphatic rings. The van der Waals surface area contributed by atoms with Gasteiger partial charge in [0.15, 0.2) is 0 Å². The molecule has 0 amide bonds. The molecule has 2 aromatic rings. The van der Waals surface area contributed by atoms with Crippen LogP contribution in [-0.4, -0.2) is 26.1 Å². The monoisotopic (exact) mass is 381 g/mol. The molecule has 1 aromatic carbocycles. The van der Waals surface area contributed by atoms with Gasteiger partial charge in [-0.25, -0.2) is 13.6 Å². The van der Waals surface area contributed by atoms with Crippen LogP contribution in [-0.2, 0) is 16.6 Å². The highest BCUT2D eigenvalue weighted by Crippen LogP contribution is 2.33. The van der Waals surface area contributed by atoms with Crippen molar-refractivity contribution >= 4 is 22.4 Å². The van der Waals surface area contributed by atoms with Crippen LogP contribution in [0.25, 0.3) is 11.1 Å². The Morgan fingerprint density at radius 1 is 1.08 bits per heavy atom. The Morgan fingerprint density at radius 2 is 1.80 bits per heavy atom. The first kappa shape index (κ1) is 18.1. The predicted octanol–water partition coefficient (Wildman–Crippen LogP) is 1.29. The van der Waals surface area contributed by atoms with Crippen LogP contribution in [0, 0.1) is 5.92 Å². The number of hydrogen-bond donors (Lipinski definition) is 2. The van der Waals surface area contributed by atoms with Gasteiger partial charge in [-0.05, 0) is 48.2 Å². The summed E-state index contributed by atoms with van der Waals surface area (Å²) < 4.78 is 24.6. The molecule has 0 saturated carbocycles. The summed E-state index contributed by atoms with van der Waals surface area (Å²) in [5.74, 6) is 0.877. The number of sulfonamides is 1. The zero-order valence-corrected chi connectivity index (χ0v) is 15.1. The lowest BCUT2D eigenvalue weighted by molar-refractivity contribution is 0.257. The van der Waals surface area contributed by atoms with Gasteiger partial charge in [0.05, 0.1) is 4.90 Å². The van der Waals surface area contributed by atoms with E-state index in [9.17, 15) is 13.2 Å². The van der Waals surface area contributed by atoms with Gasteiger partial charge in [0.25, 0.3) is 5.56 Å². The van der Waals surface area contributed by atoms with Gasteiger partial charge in [0, 0.05) is 30.8 Å². The number of nitrogens with zero attached hydrogens (tertiary/aromatic N) is 1. The van der Waals surface area contributed by atoms with E-state index >= 15 is 0 Å². The number of hydrogen-bond acceptors (Lipinski definition) is 4. The van der Waals surface area contributed by atoms with Crippen LogP contribution in [0.3, 0.4) is 0 Å². The standard InChI is InChI=1S/C17H19N3O3S.ClH/c18-24(22,23)15-3-1-12(2-4-15)13-6-16-14-5-11(8-19-9-14)10-20(16)17(21)7-13;/h1-4,6-7,11,14,19H,5,8-10H2,(H2,18,22,23);1H/t11-,14+;/m0./s1. The van der Waals surface area contributed by atoms with Crippen LogP contribution in [0.4, 0.5) is 0 Å². The first-order chi connectivity index (χ1) is 11.4. The highest BCUT2D eigenvalue weighted by atomic mass is 35.5. The summed E-state index contributed by atoms with van der Waals surface area (Å²) in [6.07, 6.45) is 1.11. The van der Waals surface area contributed by atoms with Gasteiger partial charge < -0.3 is 9.88 Å². The van der Waals surface area contributed by atoms with Crippen molar-refractivity contribution in [1.29, 1.82) is 0 Å². The van der Waals surface area contributed by atoms with Crippen LogP contribution in [0.15, 0.2) is 46.1 Å². The SMILES string of the molecule is Cl.NS(=O)(=O)c1ccc(-c2cc3n(c(=O)c2)C[C@@H]2CNC[C@H]3C2)cc1. The van der Waals surface area contributed by atoms with E-state index in [4.69, 9.17) is 5.14 Å². The Balaban J connectivity index is 0.00000182. The first-order valence-corrected chi connectivity index (χ1v) is 9.55. The van der Waals surface area contributed by atoms with Gasteiger partial charge in [-0.2, -0.15) is 0 Å². The molecule has 25 heavy (non-hydrogen) atoms. The van der Waals surface area contributed by atoms with E-state index in [0.717, 1.165) is 42.9 Å². The maximum absolute atomic E-state index is 12.5. The highest BCUT2D eigenvalue weighted by Gasteiger charge is 2.31. The zero-order chi connectivity index (χ0) is 16.9. The van der Waals surface area contributed by atoms with Gasteiger partial charge in [-0.15, -0.1) is 12.4 Å². The molecule has 3 heterocycles. The topological polar surface area (TPSA) is 94.2 Å². The fourth-order valence-electron chi connectivity index (χ4n) is 3.81. The minimum atomic E-state index is -3.71. The van der Waals surface area contributed by atoms with E-state index in [-0.39, 0.29) is 22.9 Å². The minimum Gasteiger partial charge on any atom is -0.316 e. The third kappa shape index (κ3) is 3.37. The number of nitrogens with two attached hydrogens (primary N) is 1. The van der Waals surface area contributed by atoms with Crippen LogP contribution < -0.4 is 16.0 Å². The van der Waals surface area contributed by atoms with Crippen LogP contribution >= 0.6 is 12.4 Å². The average Bonchev–Trinajstić information content (AvgIpc) is 2.55. The van der Waals surface area contributed by atoms with Crippen molar-refractivity contribution in [2.45, 2.75) is 23.8 Å². The molecule has 4 rings (SSSR count). The van der Waals surface area contributed by atoms with Crippen LogP contribution in [0.5, 0.6) is 0 Å². The molecular formula is C17H20ClN3O3S. The first-order valence-electron chi connectivity index (χ1n) is 8.00. The van der Waals surface area contributed by atoms with Gasteiger partial charge >= 0.3 is 0 Å². The summed E-state index contributed by atoms with van der Waals surface area (Å²) in [7, 11) is -3.71. The second-order valence-electron chi connectivity index (χ2n) is 6.64. The Bertz CT molecular complexity index is 954. The second-order valence-corrected chi connectivity index (χ2v) is 8.21. The summed E-state index contributed by atoms with van der Waals surface area (Å²) in [5, 5.41) is 8.56. The molecule has 8 heteroatoms. The summed E-state index contributed by atoms with van der Waals surface area (Å²) in [5.41, 5.74) is 2.70. The van der Waals surface area contributed by atoms with Crippen molar-refractivity contribution in [3.8, 4) is 11.1 Å². The van der Waals surface area contributed by atoms with Crippen LogP contribution in [0.1, 0.15) is 18.0 Å². The number of benzene rings is 1. The Morgan fingerprint density at radius 3 is 2.48 bits per heavy atom. The molecule has 2 aliphatic heterocycles. The minimum absolute atomic E-state index is 0. The van der Waals surface area contributed by atoms with Crippen molar-refractivity contribution < 1.29 is 8.42 Å². The van der Waals surface area contributed by atoms with Gasteiger partial charge in [-0.3, -0.25) is 4.79 Å². The molecular weight excluding hydrogens is 362 g/mol. The average molecular weight is 382 g/mol. The lowest BCUT2D eigenvalue weighted by atomic mass is 9.83. The van der Waals surface area contributed by atoms with E-state index in [0.29, 0.717) is 11.8 Å². The fourth-order valence-corrected chi connectivity index (χ4v) is 4.32. The van der Waals surface area contributed by atoms with Gasteiger partial charge in [0.2, 0.25) is 10.0 Å². The maximum atomic E-state index is 12.5. The molecule has 2 bridgehead atoms. The number of rotatable bonds is 2. The summed E-state index contributed by atoms with van der Waals surface area (Å²) in [4.78, 5) is 12.6.